The summed E-state index contributed by atoms with van der Waals surface area (Å²) in [5.74, 6) is 0.0557. The van der Waals surface area contributed by atoms with Crippen molar-refractivity contribution in [3.05, 3.63) is 58.6 Å². The van der Waals surface area contributed by atoms with Crippen LogP contribution in [0, 0.1) is 6.92 Å². The second kappa shape index (κ2) is 8.56. The fraction of sp³-hybridized carbons (Fsp3) is 0.381. The zero-order chi connectivity index (χ0) is 18.5. The number of hydrogen-bond acceptors (Lipinski definition) is 3. The van der Waals surface area contributed by atoms with Gasteiger partial charge in [-0.1, -0.05) is 48.9 Å². The van der Waals surface area contributed by atoms with E-state index in [2.05, 4.69) is 34.2 Å². The molecule has 0 bridgehead atoms. The molecule has 1 fully saturated rings. The molecule has 1 aliphatic heterocycles. The minimum atomic E-state index is 0.0557. The average molecular weight is 372 g/mol. The van der Waals surface area contributed by atoms with E-state index in [1.54, 1.807) is 0 Å². The van der Waals surface area contributed by atoms with E-state index in [9.17, 15) is 4.79 Å². The van der Waals surface area contributed by atoms with Crippen molar-refractivity contribution in [3.63, 3.8) is 0 Å². The summed E-state index contributed by atoms with van der Waals surface area (Å²) in [5.41, 5.74) is 4.34. The van der Waals surface area contributed by atoms with Gasteiger partial charge in [-0.2, -0.15) is 0 Å². The summed E-state index contributed by atoms with van der Waals surface area (Å²) in [7, 11) is 0. The van der Waals surface area contributed by atoms with Crippen molar-refractivity contribution in [2.75, 3.05) is 42.9 Å². The number of para-hydroxylation sites is 2. The van der Waals surface area contributed by atoms with Gasteiger partial charge in [0.05, 0.1) is 17.3 Å². The molecule has 2 aromatic rings. The van der Waals surface area contributed by atoms with Gasteiger partial charge in [-0.3, -0.25) is 9.69 Å². The Morgan fingerprint density at radius 3 is 2.50 bits per heavy atom. The largest absolute Gasteiger partial charge is 0.368 e. The summed E-state index contributed by atoms with van der Waals surface area (Å²) in [6, 6.07) is 14.1. The molecule has 0 saturated carbocycles. The third kappa shape index (κ3) is 4.37. The smallest absolute Gasteiger partial charge is 0.238 e. The number of halogens is 1. The highest BCUT2D eigenvalue weighted by Crippen LogP contribution is 2.26. The maximum atomic E-state index is 12.5. The minimum Gasteiger partial charge on any atom is -0.368 e. The van der Waals surface area contributed by atoms with Gasteiger partial charge in [-0.15, -0.1) is 0 Å². The van der Waals surface area contributed by atoms with Crippen LogP contribution in [0.4, 0.5) is 11.4 Å². The molecule has 1 heterocycles. The predicted molar refractivity (Wildman–Crippen MR) is 109 cm³/mol. The van der Waals surface area contributed by atoms with Gasteiger partial charge in [0.15, 0.2) is 0 Å². The van der Waals surface area contributed by atoms with Crippen LogP contribution >= 0.6 is 11.6 Å². The Hall–Kier alpha value is -2.04. The Labute approximate surface area is 160 Å². The Balaban J connectivity index is 1.55. The first-order valence-electron chi connectivity index (χ1n) is 9.18. The Kier molecular flexibility index (Phi) is 6.17. The van der Waals surface area contributed by atoms with E-state index in [1.807, 2.05) is 37.3 Å². The maximum Gasteiger partial charge on any atom is 0.238 e. The number of carbonyl (C=O) groups excluding carboxylic acids is 1. The van der Waals surface area contributed by atoms with E-state index >= 15 is 0 Å². The monoisotopic (exact) mass is 371 g/mol. The second-order valence-electron chi connectivity index (χ2n) is 6.73. The predicted octanol–water partition coefficient (Wildman–Crippen LogP) is 3.97. The highest BCUT2D eigenvalue weighted by Gasteiger charge is 2.21. The number of rotatable bonds is 5. The van der Waals surface area contributed by atoms with Gasteiger partial charge in [0.2, 0.25) is 5.91 Å². The minimum absolute atomic E-state index is 0.0557. The number of hydrogen-bond donors (Lipinski definition) is 1. The van der Waals surface area contributed by atoms with Crippen LogP contribution in [0.5, 0.6) is 0 Å². The van der Waals surface area contributed by atoms with Crippen LogP contribution in [0.3, 0.4) is 0 Å². The fourth-order valence-corrected chi connectivity index (χ4v) is 3.69. The number of amides is 1. The first kappa shape index (κ1) is 18.7. The maximum absolute atomic E-state index is 12.5. The highest BCUT2D eigenvalue weighted by atomic mass is 35.5. The highest BCUT2D eigenvalue weighted by molar-refractivity contribution is 6.33. The van der Waals surface area contributed by atoms with Gasteiger partial charge in [0, 0.05) is 31.9 Å². The Morgan fingerprint density at radius 2 is 1.81 bits per heavy atom. The lowest BCUT2D eigenvalue weighted by molar-refractivity contribution is -0.117. The fourth-order valence-electron chi connectivity index (χ4n) is 3.44. The number of anilines is 2. The SMILES string of the molecule is CCc1cccc(C)c1NC(=O)CN1CCN(c2ccccc2Cl)CC1. The van der Waals surface area contributed by atoms with Gasteiger partial charge in [0.1, 0.15) is 0 Å². The van der Waals surface area contributed by atoms with Crippen LogP contribution in [0.1, 0.15) is 18.1 Å². The molecule has 138 valence electrons. The molecule has 0 atom stereocenters. The first-order valence-corrected chi connectivity index (χ1v) is 9.56. The van der Waals surface area contributed by atoms with Crippen LogP contribution < -0.4 is 10.2 Å². The lowest BCUT2D eigenvalue weighted by atomic mass is 10.1. The van der Waals surface area contributed by atoms with Gasteiger partial charge >= 0.3 is 0 Å². The number of carbonyl (C=O) groups is 1. The zero-order valence-corrected chi connectivity index (χ0v) is 16.2. The number of piperazine rings is 1. The standard InChI is InChI=1S/C21H26ClN3O/c1-3-17-8-6-7-16(2)21(17)23-20(26)15-24-11-13-25(14-12-24)19-10-5-4-9-18(19)22/h4-10H,3,11-15H2,1-2H3,(H,23,26). The summed E-state index contributed by atoms with van der Waals surface area (Å²) in [6.45, 7) is 8.03. The van der Waals surface area contributed by atoms with Crippen molar-refractivity contribution in [1.82, 2.24) is 4.90 Å². The average Bonchev–Trinajstić information content (AvgIpc) is 2.64. The van der Waals surface area contributed by atoms with Crippen LogP contribution in [-0.4, -0.2) is 43.5 Å². The molecular formula is C21H26ClN3O. The molecule has 0 aromatic heterocycles. The van der Waals surface area contributed by atoms with Crippen molar-refractivity contribution in [2.24, 2.45) is 0 Å². The molecule has 1 saturated heterocycles. The van der Waals surface area contributed by atoms with Gasteiger partial charge in [-0.05, 0) is 36.6 Å². The normalized spacial score (nSPS) is 15.1. The van der Waals surface area contributed by atoms with Crippen molar-refractivity contribution < 1.29 is 4.79 Å². The molecule has 0 radical (unpaired) electrons. The van der Waals surface area contributed by atoms with E-state index in [1.165, 1.54) is 5.56 Å². The molecule has 0 unspecified atom stereocenters. The molecule has 2 aromatic carbocycles. The molecule has 1 amide bonds. The van der Waals surface area contributed by atoms with Crippen molar-refractivity contribution >= 4 is 28.9 Å². The topological polar surface area (TPSA) is 35.6 Å². The van der Waals surface area contributed by atoms with E-state index in [4.69, 9.17) is 11.6 Å². The molecule has 3 rings (SSSR count). The van der Waals surface area contributed by atoms with Gasteiger partial charge in [-0.25, -0.2) is 0 Å². The van der Waals surface area contributed by atoms with Crippen LogP contribution in [-0.2, 0) is 11.2 Å². The van der Waals surface area contributed by atoms with E-state index in [0.717, 1.165) is 54.6 Å². The summed E-state index contributed by atoms with van der Waals surface area (Å²) < 4.78 is 0. The van der Waals surface area contributed by atoms with Crippen molar-refractivity contribution in [2.45, 2.75) is 20.3 Å². The van der Waals surface area contributed by atoms with Crippen LogP contribution in [0.25, 0.3) is 0 Å². The third-order valence-corrected chi connectivity index (χ3v) is 5.26. The first-order chi connectivity index (χ1) is 12.6. The lowest BCUT2D eigenvalue weighted by Gasteiger charge is -2.36. The van der Waals surface area contributed by atoms with E-state index in [0.29, 0.717) is 6.54 Å². The van der Waals surface area contributed by atoms with Crippen molar-refractivity contribution in [3.8, 4) is 0 Å². The summed E-state index contributed by atoms with van der Waals surface area (Å²) in [5, 5.41) is 3.90. The summed E-state index contributed by atoms with van der Waals surface area (Å²) in [4.78, 5) is 17.0. The van der Waals surface area contributed by atoms with Crippen LogP contribution in [0.2, 0.25) is 5.02 Å². The molecule has 1 N–H and O–H groups in total. The number of nitrogens with zero attached hydrogens (tertiary/aromatic N) is 2. The lowest BCUT2D eigenvalue weighted by Crippen LogP contribution is -2.48. The summed E-state index contributed by atoms with van der Waals surface area (Å²) in [6.07, 6.45) is 0.911. The van der Waals surface area contributed by atoms with Crippen LogP contribution in [0.15, 0.2) is 42.5 Å². The molecule has 0 spiro atoms. The Bertz CT molecular complexity index is 770. The molecule has 4 nitrogen and oxygen atoms in total. The second-order valence-corrected chi connectivity index (χ2v) is 7.13. The van der Waals surface area contributed by atoms with E-state index in [-0.39, 0.29) is 5.91 Å². The molecule has 0 aliphatic carbocycles. The number of aryl methyl sites for hydroxylation is 2. The van der Waals surface area contributed by atoms with Gasteiger partial charge in [0.25, 0.3) is 0 Å². The van der Waals surface area contributed by atoms with E-state index < -0.39 is 0 Å². The number of nitrogens with one attached hydrogen (secondary N) is 1. The third-order valence-electron chi connectivity index (χ3n) is 4.94. The van der Waals surface area contributed by atoms with Crippen molar-refractivity contribution in [1.29, 1.82) is 0 Å². The molecule has 1 aliphatic rings. The molecular weight excluding hydrogens is 346 g/mol. The molecule has 26 heavy (non-hydrogen) atoms. The Morgan fingerprint density at radius 1 is 1.08 bits per heavy atom. The summed E-state index contributed by atoms with van der Waals surface area (Å²) >= 11 is 6.29. The molecule has 5 heteroatoms. The number of benzene rings is 2. The zero-order valence-electron chi connectivity index (χ0n) is 15.5. The van der Waals surface area contributed by atoms with Gasteiger partial charge < -0.3 is 10.2 Å². The quantitative estimate of drug-likeness (QED) is 0.863.